The fourth-order valence-electron chi connectivity index (χ4n) is 9.24. The van der Waals surface area contributed by atoms with Crippen LogP contribution in [0.25, 0.3) is 121 Å². The average molecular weight is 713 g/mol. The fourth-order valence-corrected chi connectivity index (χ4v) is 9.24. The molecule has 12 aromatic rings. The molecule has 0 aliphatic heterocycles. The first-order chi connectivity index (χ1) is 27.8. The molecule has 12 rings (SSSR count). The lowest BCUT2D eigenvalue weighted by atomic mass is 9.85. The van der Waals surface area contributed by atoms with E-state index in [1.807, 2.05) is 12.1 Å². The van der Waals surface area contributed by atoms with E-state index in [0.29, 0.717) is 0 Å². The Hall–Kier alpha value is -7.42. The van der Waals surface area contributed by atoms with Gasteiger partial charge in [-0.2, -0.15) is 0 Å². The molecule has 0 amide bonds. The largest absolute Gasteiger partial charge is 0.456 e. The summed E-state index contributed by atoms with van der Waals surface area (Å²) in [6.07, 6.45) is 0. The standard InChI is InChI=1S/C54H32O2/c1-2-14-38-33(12-1)29-31-49-53(38)46-30-28-36(32-50(46)56-49)52-43-18-7-5-16-41(43)51(42-17-6-8-19-44(42)52)35-26-24-34(25-27-35)37-13-3-4-15-39(37)40-21-11-23-48-54(40)45-20-9-10-22-47(45)55-48/h1-32H. The number of rotatable bonds is 4. The van der Waals surface area contributed by atoms with Gasteiger partial charge in [0.15, 0.2) is 0 Å². The second-order valence-corrected chi connectivity index (χ2v) is 14.7. The Labute approximate surface area is 322 Å². The Bertz CT molecular complexity index is 3470. The fraction of sp³-hybridized carbons (Fsp3) is 0. The van der Waals surface area contributed by atoms with Gasteiger partial charge in [0.1, 0.15) is 22.3 Å². The Kier molecular flexibility index (Phi) is 6.66. The summed E-state index contributed by atoms with van der Waals surface area (Å²) in [6.45, 7) is 0. The highest BCUT2D eigenvalue weighted by molar-refractivity contribution is 6.23. The van der Waals surface area contributed by atoms with Gasteiger partial charge in [-0.05, 0) is 107 Å². The number of fused-ring (bicyclic) bond motifs is 10. The molecule has 0 spiro atoms. The molecule has 2 nitrogen and oxygen atoms in total. The third-order valence-electron chi connectivity index (χ3n) is 11.7. The lowest BCUT2D eigenvalue weighted by Crippen LogP contribution is -1.91. The maximum absolute atomic E-state index is 6.56. The summed E-state index contributed by atoms with van der Waals surface area (Å²) < 4.78 is 12.8. The Balaban J connectivity index is 1.01. The van der Waals surface area contributed by atoms with E-state index in [0.717, 1.165) is 44.1 Å². The van der Waals surface area contributed by atoms with Crippen molar-refractivity contribution in [1.82, 2.24) is 0 Å². The van der Waals surface area contributed by atoms with Gasteiger partial charge in [0.25, 0.3) is 0 Å². The minimum absolute atomic E-state index is 0.902. The molecule has 0 aliphatic rings. The van der Waals surface area contributed by atoms with Crippen LogP contribution >= 0.6 is 0 Å². The summed E-state index contributed by atoms with van der Waals surface area (Å²) in [5.74, 6) is 0. The van der Waals surface area contributed by atoms with Crippen LogP contribution < -0.4 is 0 Å². The zero-order valence-electron chi connectivity index (χ0n) is 30.3. The minimum Gasteiger partial charge on any atom is -0.456 e. The van der Waals surface area contributed by atoms with Gasteiger partial charge in [0.2, 0.25) is 0 Å². The molecule has 2 heterocycles. The molecule has 0 radical (unpaired) electrons. The molecule has 0 fully saturated rings. The molecule has 0 N–H and O–H groups in total. The van der Waals surface area contributed by atoms with E-state index in [4.69, 9.17) is 8.83 Å². The molecular formula is C54H32O2. The normalized spacial score (nSPS) is 11.9. The maximum Gasteiger partial charge on any atom is 0.136 e. The van der Waals surface area contributed by atoms with Crippen molar-refractivity contribution in [1.29, 1.82) is 0 Å². The number of hydrogen-bond acceptors (Lipinski definition) is 2. The topological polar surface area (TPSA) is 26.3 Å². The first-order valence-electron chi connectivity index (χ1n) is 19.2. The van der Waals surface area contributed by atoms with Crippen molar-refractivity contribution in [3.05, 3.63) is 194 Å². The van der Waals surface area contributed by atoms with E-state index in [2.05, 4.69) is 182 Å². The van der Waals surface area contributed by atoms with Gasteiger partial charge in [0, 0.05) is 21.5 Å². The van der Waals surface area contributed by atoms with Crippen LogP contribution in [0.15, 0.2) is 203 Å². The van der Waals surface area contributed by atoms with Gasteiger partial charge < -0.3 is 8.83 Å². The van der Waals surface area contributed by atoms with Gasteiger partial charge in [-0.25, -0.2) is 0 Å². The average Bonchev–Trinajstić information content (AvgIpc) is 3.84. The number of para-hydroxylation sites is 1. The number of benzene rings is 10. The van der Waals surface area contributed by atoms with E-state index in [9.17, 15) is 0 Å². The molecule has 0 unspecified atom stereocenters. The minimum atomic E-state index is 0.902. The number of hydrogen-bond donors (Lipinski definition) is 0. The first-order valence-corrected chi connectivity index (χ1v) is 19.2. The van der Waals surface area contributed by atoms with Crippen molar-refractivity contribution in [3.8, 4) is 44.5 Å². The monoisotopic (exact) mass is 712 g/mol. The second kappa shape index (κ2) is 12.0. The summed E-state index contributed by atoms with van der Waals surface area (Å²) in [4.78, 5) is 0. The predicted molar refractivity (Wildman–Crippen MR) is 235 cm³/mol. The molecule has 2 heteroatoms. The lowest BCUT2D eigenvalue weighted by Gasteiger charge is -2.18. The van der Waals surface area contributed by atoms with Crippen LogP contribution in [0.2, 0.25) is 0 Å². The van der Waals surface area contributed by atoms with Gasteiger partial charge in [-0.1, -0.05) is 164 Å². The van der Waals surface area contributed by atoms with Crippen molar-refractivity contribution in [3.63, 3.8) is 0 Å². The highest BCUT2D eigenvalue weighted by Gasteiger charge is 2.20. The molecule has 0 aliphatic carbocycles. The molecule has 0 saturated heterocycles. The van der Waals surface area contributed by atoms with Crippen LogP contribution in [-0.2, 0) is 0 Å². The predicted octanol–water partition coefficient (Wildman–Crippen LogP) is 15.6. The quantitative estimate of drug-likeness (QED) is 0.170. The van der Waals surface area contributed by atoms with E-state index < -0.39 is 0 Å². The van der Waals surface area contributed by atoms with Crippen molar-refractivity contribution < 1.29 is 8.83 Å². The third-order valence-corrected chi connectivity index (χ3v) is 11.7. The third kappa shape index (κ3) is 4.57. The van der Waals surface area contributed by atoms with Crippen LogP contribution in [0.1, 0.15) is 0 Å². The molecular weight excluding hydrogens is 681 g/mol. The highest BCUT2D eigenvalue weighted by atomic mass is 16.3. The van der Waals surface area contributed by atoms with Crippen LogP contribution in [0, 0.1) is 0 Å². The van der Waals surface area contributed by atoms with E-state index >= 15 is 0 Å². The number of furan rings is 2. The Morgan fingerprint density at radius 2 is 0.750 bits per heavy atom. The van der Waals surface area contributed by atoms with Crippen LogP contribution in [0.5, 0.6) is 0 Å². The van der Waals surface area contributed by atoms with E-state index in [-0.39, 0.29) is 0 Å². The first kappa shape index (κ1) is 31.0. The Morgan fingerprint density at radius 1 is 0.250 bits per heavy atom. The molecule has 260 valence electrons. The zero-order valence-corrected chi connectivity index (χ0v) is 30.3. The summed E-state index contributed by atoms with van der Waals surface area (Å²) in [5, 5.41) is 11.9. The van der Waals surface area contributed by atoms with Crippen molar-refractivity contribution >= 4 is 76.2 Å². The van der Waals surface area contributed by atoms with Crippen molar-refractivity contribution in [2.75, 3.05) is 0 Å². The molecule has 0 atom stereocenters. The summed E-state index contributed by atoms with van der Waals surface area (Å²) in [7, 11) is 0. The second-order valence-electron chi connectivity index (χ2n) is 14.7. The highest BCUT2D eigenvalue weighted by Crippen LogP contribution is 2.46. The van der Waals surface area contributed by atoms with Gasteiger partial charge >= 0.3 is 0 Å². The molecule has 56 heavy (non-hydrogen) atoms. The van der Waals surface area contributed by atoms with Crippen molar-refractivity contribution in [2.45, 2.75) is 0 Å². The molecule has 0 bridgehead atoms. The maximum atomic E-state index is 6.56. The van der Waals surface area contributed by atoms with Crippen LogP contribution in [0.3, 0.4) is 0 Å². The van der Waals surface area contributed by atoms with Gasteiger partial charge in [0.05, 0.1) is 0 Å². The lowest BCUT2D eigenvalue weighted by molar-refractivity contribution is 0.669. The van der Waals surface area contributed by atoms with Gasteiger partial charge in [-0.15, -0.1) is 0 Å². The smallest absolute Gasteiger partial charge is 0.136 e. The van der Waals surface area contributed by atoms with Crippen molar-refractivity contribution in [2.24, 2.45) is 0 Å². The SMILES string of the molecule is c1ccc(-c2cccc3oc4ccccc4c23)c(-c2ccc(-c3c4ccccc4c(-c4ccc5c(c4)oc4ccc6ccccc6c45)c4ccccc34)cc2)c1. The van der Waals surface area contributed by atoms with E-state index in [1.54, 1.807) is 0 Å². The molecule has 2 aromatic heterocycles. The molecule has 10 aromatic carbocycles. The Morgan fingerprint density at radius 3 is 1.50 bits per heavy atom. The summed E-state index contributed by atoms with van der Waals surface area (Å²) >= 11 is 0. The summed E-state index contributed by atoms with van der Waals surface area (Å²) in [6, 6.07) is 69.8. The summed E-state index contributed by atoms with van der Waals surface area (Å²) in [5.41, 5.74) is 13.2. The van der Waals surface area contributed by atoms with E-state index in [1.165, 1.54) is 76.6 Å². The van der Waals surface area contributed by atoms with Crippen LogP contribution in [-0.4, -0.2) is 0 Å². The van der Waals surface area contributed by atoms with Crippen LogP contribution in [0.4, 0.5) is 0 Å². The van der Waals surface area contributed by atoms with Gasteiger partial charge in [-0.3, -0.25) is 0 Å². The molecule has 0 saturated carbocycles. The zero-order chi connectivity index (χ0) is 36.7.